The largest absolute Gasteiger partial charge is 0.331 e. The monoisotopic (exact) mass is 581 g/mol. The molecule has 1 fully saturated rings. The van der Waals surface area contributed by atoms with E-state index in [1.165, 1.54) is 21.6 Å². The fourth-order valence-electron chi connectivity index (χ4n) is 5.27. The molecular formula is C27H22Cl2FN7OS. The predicted molar refractivity (Wildman–Crippen MR) is 151 cm³/mol. The smallest absolute Gasteiger partial charge is 0.257 e. The van der Waals surface area contributed by atoms with Crippen molar-refractivity contribution in [2.45, 2.75) is 31.1 Å². The van der Waals surface area contributed by atoms with Crippen molar-refractivity contribution in [2.75, 3.05) is 18.4 Å². The summed E-state index contributed by atoms with van der Waals surface area (Å²) >= 11 is 15.0. The van der Waals surface area contributed by atoms with Gasteiger partial charge in [0.05, 0.1) is 28.6 Å². The molecule has 1 saturated heterocycles. The Kier molecular flexibility index (Phi) is 6.15. The number of carbonyl (C=O) groups excluding carboxylic acids is 1. The van der Waals surface area contributed by atoms with Crippen molar-refractivity contribution in [1.82, 2.24) is 29.6 Å². The molecule has 2 aliphatic rings. The fraction of sp³-hybridized carbons (Fsp3) is 0.259. The second-order valence-corrected chi connectivity index (χ2v) is 11.5. The van der Waals surface area contributed by atoms with Crippen LogP contribution in [-0.2, 0) is 17.8 Å². The van der Waals surface area contributed by atoms with Crippen molar-refractivity contribution in [1.29, 1.82) is 0 Å². The maximum absolute atomic E-state index is 14.3. The summed E-state index contributed by atoms with van der Waals surface area (Å²) < 4.78 is 17.5. The zero-order valence-electron chi connectivity index (χ0n) is 20.4. The Bertz CT molecular complexity index is 1700. The van der Waals surface area contributed by atoms with E-state index in [9.17, 15) is 9.18 Å². The lowest BCUT2D eigenvalue weighted by molar-refractivity contribution is -0.118. The van der Waals surface area contributed by atoms with Gasteiger partial charge in [-0.2, -0.15) is 5.10 Å². The molecule has 0 radical (unpaired) electrons. The van der Waals surface area contributed by atoms with E-state index in [0.717, 1.165) is 24.2 Å². The summed E-state index contributed by atoms with van der Waals surface area (Å²) in [5.74, 6) is 0.135. The number of amides is 1. The van der Waals surface area contributed by atoms with Crippen LogP contribution >= 0.6 is 34.5 Å². The van der Waals surface area contributed by atoms with Gasteiger partial charge in [0.1, 0.15) is 11.7 Å². The molecule has 2 atom stereocenters. The van der Waals surface area contributed by atoms with Gasteiger partial charge < -0.3 is 9.88 Å². The second kappa shape index (κ2) is 9.71. The summed E-state index contributed by atoms with van der Waals surface area (Å²) in [4.78, 5) is 22.3. The number of aromatic nitrogens is 5. The van der Waals surface area contributed by atoms with Crippen molar-refractivity contribution in [3.05, 3.63) is 81.4 Å². The highest BCUT2D eigenvalue weighted by Gasteiger charge is 2.34. The molecule has 5 aromatic rings. The minimum absolute atomic E-state index is 0.176. The zero-order chi connectivity index (χ0) is 26.7. The van der Waals surface area contributed by atoms with Crippen molar-refractivity contribution in [3.8, 4) is 11.1 Å². The third-order valence-electron chi connectivity index (χ3n) is 7.40. The van der Waals surface area contributed by atoms with Gasteiger partial charge in [-0.1, -0.05) is 47.5 Å². The van der Waals surface area contributed by atoms with Crippen LogP contribution in [0.5, 0.6) is 0 Å². The maximum atomic E-state index is 14.3. The van der Waals surface area contributed by atoms with Crippen molar-refractivity contribution in [2.24, 2.45) is 0 Å². The average Bonchev–Trinajstić information content (AvgIpc) is 3.68. The molecule has 1 unspecified atom stereocenters. The Balaban J connectivity index is 1.31. The summed E-state index contributed by atoms with van der Waals surface area (Å²) in [7, 11) is 0. The lowest BCUT2D eigenvalue weighted by Crippen LogP contribution is -2.39. The fourth-order valence-corrected chi connectivity index (χ4v) is 6.36. The third kappa shape index (κ3) is 4.31. The lowest BCUT2D eigenvalue weighted by atomic mass is 9.92. The van der Waals surface area contributed by atoms with Crippen LogP contribution in [0.4, 0.5) is 9.52 Å². The first-order valence-electron chi connectivity index (χ1n) is 12.5. The Labute approximate surface area is 236 Å². The molecule has 0 spiro atoms. The normalized spacial score (nSPS) is 17.8. The Morgan fingerprint density at radius 3 is 2.74 bits per heavy atom. The van der Waals surface area contributed by atoms with E-state index in [0.29, 0.717) is 43.4 Å². The van der Waals surface area contributed by atoms with Crippen LogP contribution in [-0.4, -0.2) is 49.5 Å². The highest BCUT2D eigenvalue weighted by Crippen LogP contribution is 2.40. The molecule has 1 amide bonds. The van der Waals surface area contributed by atoms with Gasteiger partial charge in [0.2, 0.25) is 0 Å². The molecule has 0 bridgehead atoms. The molecule has 5 heterocycles. The SMILES string of the molecule is O=C(Nc1nccs1)C(c1ncn2c1C[C@@H](F)C2)n1cc2c(Cl)cc(-c3ccc(C4CNC4)cc3)c(Cl)c2n1. The van der Waals surface area contributed by atoms with Crippen LogP contribution in [0.15, 0.2) is 54.4 Å². The van der Waals surface area contributed by atoms with Gasteiger partial charge in [0.25, 0.3) is 5.91 Å². The first kappa shape index (κ1) is 24.7. The van der Waals surface area contributed by atoms with Crippen molar-refractivity contribution >= 4 is 56.5 Å². The van der Waals surface area contributed by atoms with Crippen LogP contribution in [0, 0.1) is 0 Å². The summed E-state index contributed by atoms with van der Waals surface area (Å²) in [6.45, 7) is 2.18. The molecule has 2 aromatic carbocycles. The summed E-state index contributed by atoms with van der Waals surface area (Å²) in [5, 5.41) is 14.6. The number of nitrogens with zero attached hydrogens (tertiary/aromatic N) is 5. The average molecular weight is 582 g/mol. The van der Waals surface area contributed by atoms with E-state index in [1.54, 1.807) is 28.7 Å². The van der Waals surface area contributed by atoms with Crippen LogP contribution in [0.3, 0.4) is 0 Å². The minimum Gasteiger partial charge on any atom is -0.331 e. The zero-order valence-corrected chi connectivity index (χ0v) is 22.8. The number of alkyl halides is 1. The number of rotatable bonds is 6. The molecule has 2 N–H and O–H groups in total. The number of hydrogen-bond acceptors (Lipinski definition) is 6. The molecular weight excluding hydrogens is 560 g/mol. The van der Waals surface area contributed by atoms with E-state index < -0.39 is 18.1 Å². The van der Waals surface area contributed by atoms with Crippen LogP contribution in [0.2, 0.25) is 10.0 Å². The van der Waals surface area contributed by atoms with Gasteiger partial charge in [-0.3, -0.25) is 14.8 Å². The third-order valence-corrected chi connectivity index (χ3v) is 8.79. The molecule has 2 aliphatic heterocycles. The molecule has 198 valence electrons. The molecule has 7 rings (SSSR count). The lowest BCUT2D eigenvalue weighted by Gasteiger charge is -2.27. The van der Waals surface area contributed by atoms with E-state index in [1.807, 2.05) is 18.2 Å². The van der Waals surface area contributed by atoms with E-state index >= 15 is 0 Å². The Morgan fingerprint density at radius 1 is 1.21 bits per heavy atom. The standard InChI is InChI=1S/C27H22Cl2FN7OS/c28-20-8-18(15-3-1-14(2-4-15)16-9-31-10-16)22(29)23-19(20)12-37(35-23)25(26(38)34-27-32-5-6-39-27)24-21-7-17(30)11-36(21)13-33-24/h1-6,8,12-13,16-17,25,31H,7,9-11H2,(H,32,34,38)/t17-,25?/m1/s1. The van der Waals surface area contributed by atoms with Crippen LogP contribution in [0.1, 0.15) is 28.9 Å². The number of benzene rings is 2. The number of halogens is 3. The Hall–Kier alpha value is -3.31. The molecule has 3 aromatic heterocycles. The molecule has 8 nitrogen and oxygen atoms in total. The maximum Gasteiger partial charge on any atom is 0.257 e. The van der Waals surface area contributed by atoms with E-state index in [-0.39, 0.29) is 13.0 Å². The van der Waals surface area contributed by atoms with Gasteiger partial charge in [-0.25, -0.2) is 14.4 Å². The van der Waals surface area contributed by atoms with E-state index in [4.69, 9.17) is 28.3 Å². The second-order valence-electron chi connectivity index (χ2n) is 9.83. The van der Waals surface area contributed by atoms with Gasteiger partial charge in [-0.15, -0.1) is 11.3 Å². The molecule has 12 heteroatoms. The quantitative estimate of drug-likeness (QED) is 0.277. The molecule has 0 aliphatic carbocycles. The predicted octanol–water partition coefficient (Wildman–Crippen LogP) is 5.47. The first-order valence-corrected chi connectivity index (χ1v) is 14.2. The molecule has 39 heavy (non-hydrogen) atoms. The van der Waals surface area contributed by atoms with Crippen LogP contribution in [0.25, 0.3) is 22.0 Å². The van der Waals surface area contributed by atoms with Gasteiger partial charge in [-0.05, 0) is 17.2 Å². The number of nitrogens with one attached hydrogen (secondary N) is 2. The van der Waals surface area contributed by atoms with Crippen LogP contribution < -0.4 is 10.6 Å². The number of thiazole rings is 1. The topological polar surface area (TPSA) is 89.7 Å². The van der Waals surface area contributed by atoms with Crippen molar-refractivity contribution in [3.63, 3.8) is 0 Å². The summed E-state index contributed by atoms with van der Waals surface area (Å²) in [6, 6.07) is 9.16. The van der Waals surface area contributed by atoms with E-state index in [2.05, 4.69) is 32.7 Å². The highest BCUT2D eigenvalue weighted by atomic mass is 35.5. The summed E-state index contributed by atoms with van der Waals surface area (Å²) in [5.41, 5.74) is 4.53. The number of anilines is 1. The highest BCUT2D eigenvalue weighted by molar-refractivity contribution is 7.13. The van der Waals surface area contributed by atoms with Gasteiger partial charge >= 0.3 is 0 Å². The number of hydrogen-bond donors (Lipinski definition) is 2. The summed E-state index contributed by atoms with van der Waals surface area (Å²) in [6.07, 6.45) is 4.02. The minimum atomic E-state index is -1.03. The number of imidazole rings is 1. The Morgan fingerprint density at radius 2 is 2.03 bits per heavy atom. The van der Waals surface area contributed by atoms with Crippen molar-refractivity contribution < 1.29 is 9.18 Å². The van der Waals surface area contributed by atoms with Gasteiger partial charge in [0, 0.05) is 59.8 Å². The number of carbonyl (C=O) groups is 1. The first-order chi connectivity index (χ1) is 19.0. The number of fused-ring (bicyclic) bond motifs is 2. The molecule has 0 saturated carbocycles. The van der Waals surface area contributed by atoms with Gasteiger partial charge in [0.15, 0.2) is 11.2 Å².